The zero-order valence-electron chi connectivity index (χ0n) is 7.12. The molecule has 0 saturated heterocycles. The molecule has 0 spiro atoms. The van der Waals surface area contributed by atoms with Gasteiger partial charge in [0.25, 0.3) is 6.43 Å². The highest BCUT2D eigenvalue weighted by Crippen LogP contribution is 2.29. The minimum Gasteiger partial charge on any atom is -0.383 e. The Kier molecular flexibility index (Phi) is 3.26. The predicted molar refractivity (Wildman–Crippen MR) is 52.7 cm³/mol. The second-order valence-corrected chi connectivity index (χ2v) is 4.97. The number of pyridine rings is 1. The Morgan fingerprint density at radius 2 is 2.00 bits per heavy atom. The molecule has 4 N–H and O–H groups in total. The third-order valence-corrected chi connectivity index (χ3v) is 3.08. The smallest absolute Gasteiger partial charge is 0.281 e. The topological polar surface area (TPSA) is 99.1 Å². The summed E-state index contributed by atoms with van der Waals surface area (Å²) in [7, 11) is -4.06. The molecule has 1 heterocycles. The fraction of sp³-hybridized carbons (Fsp3) is 0.167. The highest BCUT2D eigenvalue weighted by molar-refractivity contribution is 9.10. The van der Waals surface area contributed by atoms with Gasteiger partial charge in [-0.25, -0.2) is 27.3 Å². The summed E-state index contributed by atoms with van der Waals surface area (Å²) in [6.07, 6.45) is -2.85. The molecule has 0 aliphatic heterocycles. The van der Waals surface area contributed by atoms with E-state index in [9.17, 15) is 17.2 Å². The van der Waals surface area contributed by atoms with E-state index < -0.39 is 32.9 Å². The Balaban J connectivity index is 3.46. The first kappa shape index (κ1) is 12.3. The molecular formula is C6H6BrF2N3O2S. The Morgan fingerprint density at radius 1 is 1.47 bits per heavy atom. The molecule has 5 nitrogen and oxygen atoms in total. The normalized spacial score (nSPS) is 12.1. The molecule has 0 atom stereocenters. The van der Waals surface area contributed by atoms with E-state index >= 15 is 0 Å². The molecule has 15 heavy (non-hydrogen) atoms. The van der Waals surface area contributed by atoms with Crippen LogP contribution in [-0.2, 0) is 10.0 Å². The van der Waals surface area contributed by atoms with Gasteiger partial charge in [-0.3, -0.25) is 0 Å². The average Bonchev–Trinajstić information content (AvgIpc) is 2.06. The Morgan fingerprint density at radius 3 is 2.40 bits per heavy atom. The molecule has 0 amide bonds. The molecule has 1 aromatic heterocycles. The molecule has 0 unspecified atom stereocenters. The van der Waals surface area contributed by atoms with Crippen molar-refractivity contribution in [2.24, 2.45) is 5.14 Å². The van der Waals surface area contributed by atoms with E-state index in [1.807, 2.05) is 0 Å². The molecule has 0 bridgehead atoms. The maximum absolute atomic E-state index is 12.3. The van der Waals surface area contributed by atoms with Gasteiger partial charge in [-0.15, -0.1) is 0 Å². The number of primary sulfonamides is 1. The van der Waals surface area contributed by atoms with Crippen LogP contribution in [0.2, 0.25) is 0 Å². The predicted octanol–water partition coefficient (Wildman–Crippen LogP) is 1.01. The van der Waals surface area contributed by atoms with Crippen molar-refractivity contribution in [1.29, 1.82) is 0 Å². The second-order valence-electron chi connectivity index (χ2n) is 2.58. The van der Waals surface area contributed by atoms with Gasteiger partial charge in [0.2, 0.25) is 10.0 Å². The number of sulfonamides is 1. The van der Waals surface area contributed by atoms with Crippen LogP contribution >= 0.6 is 15.9 Å². The lowest BCUT2D eigenvalue weighted by atomic mass is 10.3. The van der Waals surface area contributed by atoms with Gasteiger partial charge in [-0.1, -0.05) is 0 Å². The fourth-order valence-corrected chi connectivity index (χ4v) is 2.14. The van der Waals surface area contributed by atoms with Crippen LogP contribution in [0.25, 0.3) is 0 Å². The summed E-state index contributed by atoms with van der Waals surface area (Å²) >= 11 is 2.76. The van der Waals surface area contributed by atoms with Crippen molar-refractivity contribution in [3.8, 4) is 0 Å². The number of hydrogen-bond donors (Lipinski definition) is 2. The number of aromatic nitrogens is 1. The number of anilines is 1. The monoisotopic (exact) mass is 301 g/mol. The van der Waals surface area contributed by atoms with E-state index in [4.69, 9.17) is 10.9 Å². The molecule has 0 aliphatic rings. The molecule has 0 saturated carbocycles. The summed E-state index contributed by atoms with van der Waals surface area (Å²) in [5.74, 6) is -0.545. The van der Waals surface area contributed by atoms with Crippen molar-refractivity contribution in [3.05, 3.63) is 16.2 Å². The number of nitrogen functional groups attached to an aromatic ring is 1. The molecule has 0 aliphatic carbocycles. The molecule has 1 rings (SSSR count). The molecule has 0 fully saturated rings. The quantitative estimate of drug-likeness (QED) is 0.851. The zero-order valence-corrected chi connectivity index (χ0v) is 9.52. The summed E-state index contributed by atoms with van der Waals surface area (Å²) in [6.45, 7) is 0. The summed E-state index contributed by atoms with van der Waals surface area (Å²) in [5.41, 5.74) is 4.56. The number of alkyl halides is 2. The lowest BCUT2D eigenvalue weighted by molar-refractivity contribution is 0.145. The Hall–Kier alpha value is -0.800. The van der Waals surface area contributed by atoms with E-state index in [0.717, 1.165) is 6.07 Å². The Labute approximate surface area is 92.7 Å². The maximum Gasteiger partial charge on any atom is 0.281 e. The van der Waals surface area contributed by atoms with Crippen LogP contribution in [-0.4, -0.2) is 13.4 Å². The van der Waals surface area contributed by atoms with E-state index in [0.29, 0.717) is 0 Å². The van der Waals surface area contributed by atoms with Gasteiger partial charge < -0.3 is 5.73 Å². The fourth-order valence-electron chi connectivity index (χ4n) is 0.882. The van der Waals surface area contributed by atoms with Gasteiger partial charge in [-0.2, -0.15) is 0 Å². The van der Waals surface area contributed by atoms with Crippen LogP contribution in [0, 0.1) is 0 Å². The van der Waals surface area contributed by atoms with Crippen molar-refractivity contribution < 1.29 is 17.2 Å². The van der Waals surface area contributed by atoms with Gasteiger partial charge in [0.1, 0.15) is 16.4 Å². The van der Waals surface area contributed by atoms with Crippen molar-refractivity contribution >= 4 is 31.8 Å². The number of nitrogens with zero attached hydrogens (tertiary/aromatic N) is 1. The summed E-state index contributed by atoms with van der Waals surface area (Å²) in [4.78, 5) is 2.77. The van der Waals surface area contributed by atoms with E-state index in [1.54, 1.807) is 0 Å². The minimum atomic E-state index is -4.06. The maximum atomic E-state index is 12.3. The van der Waals surface area contributed by atoms with Crippen molar-refractivity contribution in [2.75, 3.05) is 5.73 Å². The van der Waals surface area contributed by atoms with Gasteiger partial charge in [0.05, 0.1) is 0 Å². The van der Waals surface area contributed by atoms with Crippen molar-refractivity contribution in [2.45, 2.75) is 11.3 Å². The highest BCUT2D eigenvalue weighted by Gasteiger charge is 2.20. The highest BCUT2D eigenvalue weighted by atomic mass is 79.9. The van der Waals surface area contributed by atoms with Crippen LogP contribution in [0.3, 0.4) is 0 Å². The minimum absolute atomic E-state index is 0.157. The second kappa shape index (κ2) is 3.99. The average molecular weight is 302 g/mol. The van der Waals surface area contributed by atoms with Gasteiger partial charge in [-0.05, 0) is 22.0 Å². The lowest BCUT2D eigenvalue weighted by Crippen LogP contribution is -2.16. The molecule has 84 valence electrons. The third kappa shape index (κ3) is 2.61. The van der Waals surface area contributed by atoms with E-state index in [2.05, 4.69) is 20.9 Å². The van der Waals surface area contributed by atoms with Crippen molar-refractivity contribution in [3.63, 3.8) is 0 Å². The first-order chi connectivity index (χ1) is 6.73. The van der Waals surface area contributed by atoms with Crippen LogP contribution in [0.1, 0.15) is 12.1 Å². The van der Waals surface area contributed by atoms with Crippen LogP contribution in [0.5, 0.6) is 0 Å². The third-order valence-electron chi connectivity index (χ3n) is 1.51. The van der Waals surface area contributed by atoms with Crippen LogP contribution in [0.15, 0.2) is 15.4 Å². The van der Waals surface area contributed by atoms with Crippen molar-refractivity contribution in [1.82, 2.24) is 4.98 Å². The number of hydrogen-bond acceptors (Lipinski definition) is 4. The molecular weight excluding hydrogens is 296 g/mol. The summed E-state index contributed by atoms with van der Waals surface area (Å²) in [6, 6.07) is 0.902. The number of nitrogens with two attached hydrogens (primary N) is 2. The largest absolute Gasteiger partial charge is 0.383 e. The summed E-state index contributed by atoms with van der Waals surface area (Å²) in [5, 5.41) is 4.80. The number of halogens is 3. The molecule has 0 aromatic carbocycles. The molecule has 9 heteroatoms. The Bertz CT molecular complexity index is 491. The van der Waals surface area contributed by atoms with Gasteiger partial charge in [0.15, 0.2) is 0 Å². The first-order valence-electron chi connectivity index (χ1n) is 3.50. The van der Waals surface area contributed by atoms with Crippen LogP contribution in [0.4, 0.5) is 14.6 Å². The zero-order chi connectivity index (χ0) is 11.8. The van der Waals surface area contributed by atoms with E-state index in [-0.39, 0.29) is 4.47 Å². The van der Waals surface area contributed by atoms with Gasteiger partial charge in [0, 0.05) is 4.47 Å². The lowest BCUT2D eigenvalue weighted by Gasteiger charge is -2.07. The summed E-state index contributed by atoms with van der Waals surface area (Å²) < 4.78 is 46.3. The standard InChI is InChI=1S/C6H6BrF2N3O2S/c7-2-1-3(15(11,13)14)6(10)12-4(2)5(8)9/h1,5H,(H2,10,12)(H2,11,13,14). The van der Waals surface area contributed by atoms with Gasteiger partial charge >= 0.3 is 0 Å². The SMILES string of the molecule is Nc1nc(C(F)F)c(Br)cc1S(N)(=O)=O. The van der Waals surface area contributed by atoms with Crippen LogP contribution < -0.4 is 10.9 Å². The first-order valence-corrected chi connectivity index (χ1v) is 5.84. The number of rotatable bonds is 2. The molecule has 0 radical (unpaired) electrons. The van der Waals surface area contributed by atoms with E-state index in [1.165, 1.54) is 0 Å². The molecule has 1 aromatic rings.